The van der Waals surface area contributed by atoms with Crippen molar-refractivity contribution in [2.45, 2.75) is 13.0 Å². The van der Waals surface area contributed by atoms with Crippen LogP contribution in [0.2, 0.25) is 5.02 Å². The quantitative estimate of drug-likeness (QED) is 0.787. The predicted molar refractivity (Wildman–Crippen MR) is 89.9 cm³/mol. The molecule has 0 aliphatic carbocycles. The molecular weight excluding hydrogens is 316 g/mol. The Bertz CT molecular complexity index is 699. The largest absolute Gasteiger partial charge is 0.392 e. The van der Waals surface area contributed by atoms with Crippen molar-refractivity contribution in [3.8, 4) is 0 Å². The third kappa shape index (κ3) is 4.81. The molecule has 3 N–H and O–H groups in total. The van der Waals surface area contributed by atoms with Crippen molar-refractivity contribution in [2.75, 3.05) is 11.9 Å². The number of nitrogens with one attached hydrogen (secondary N) is 2. The first-order valence-corrected chi connectivity index (χ1v) is 7.47. The van der Waals surface area contributed by atoms with E-state index in [1.807, 2.05) is 0 Å². The molecule has 0 saturated heterocycles. The van der Waals surface area contributed by atoms with Gasteiger partial charge in [0.25, 0.3) is 11.8 Å². The van der Waals surface area contributed by atoms with Crippen LogP contribution in [0.5, 0.6) is 0 Å². The van der Waals surface area contributed by atoms with Crippen LogP contribution in [-0.2, 0) is 0 Å². The fourth-order valence-electron chi connectivity index (χ4n) is 1.92. The monoisotopic (exact) mass is 332 g/mol. The normalized spacial score (nSPS) is 11.6. The van der Waals surface area contributed by atoms with Crippen molar-refractivity contribution >= 4 is 29.1 Å². The molecule has 0 aromatic heterocycles. The molecule has 0 aliphatic heterocycles. The Morgan fingerprint density at radius 2 is 1.74 bits per heavy atom. The molecular formula is C17H17ClN2O3. The Morgan fingerprint density at radius 1 is 1.09 bits per heavy atom. The maximum atomic E-state index is 12.2. The maximum absolute atomic E-state index is 12.2. The smallest absolute Gasteiger partial charge is 0.255 e. The fraction of sp³-hybridized carbons (Fsp3) is 0.176. The zero-order valence-corrected chi connectivity index (χ0v) is 13.3. The lowest BCUT2D eigenvalue weighted by atomic mass is 10.1. The summed E-state index contributed by atoms with van der Waals surface area (Å²) in [6, 6.07) is 13.1. The summed E-state index contributed by atoms with van der Waals surface area (Å²) in [5.41, 5.74) is 1.17. The van der Waals surface area contributed by atoms with Crippen LogP contribution in [0.25, 0.3) is 0 Å². The van der Waals surface area contributed by atoms with Gasteiger partial charge in [0.05, 0.1) is 17.4 Å². The van der Waals surface area contributed by atoms with E-state index in [-0.39, 0.29) is 18.4 Å². The molecule has 2 aromatic carbocycles. The van der Waals surface area contributed by atoms with Crippen molar-refractivity contribution in [3.63, 3.8) is 0 Å². The van der Waals surface area contributed by atoms with Gasteiger partial charge in [-0.2, -0.15) is 0 Å². The van der Waals surface area contributed by atoms with Gasteiger partial charge >= 0.3 is 0 Å². The van der Waals surface area contributed by atoms with Gasteiger partial charge in [0.15, 0.2) is 0 Å². The second kappa shape index (κ2) is 7.76. The number of hydrogen-bond donors (Lipinski definition) is 3. The van der Waals surface area contributed by atoms with Gasteiger partial charge in [-0.15, -0.1) is 0 Å². The lowest BCUT2D eigenvalue weighted by Gasteiger charge is -2.12. The fourth-order valence-corrected chi connectivity index (χ4v) is 2.05. The first-order valence-electron chi connectivity index (χ1n) is 7.09. The number of carbonyl (C=O) groups excluding carboxylic acids is 2. The number of amides is 2. The van der Waals surface area contributed by atoms with E-state index in [2.05, 4.69) is 10.6 Å². The predicted octanol–water partition coefficient (Wildman–Crippen LogP) is 2.70. The third-order valence-corrected chi connectivity index (χ3v) is 3.34. The Balaban J connectivity index is 2.15. The van der Waals surface area contributed by atoms with Gasteiger partial charge in [-0.1, -0.05) is 23.7 Å². The zero-order valence-electron chi connectivity index (χ0n) is 12.5. The molecule has 0 spiro atoms. The number of halogens is 1. The molecule has 0 bridgehead atoms. The van der Waals surface area contributed by atoms with Crippen molar-refractivity contribution in [3.05, 3.63) is 64.7 Å². The SMILES string of the molecule is CC(O)CNC(=O)c1ccccc1NC(=O)c1ccc(Cl)cc1. The number of hydrogen-bond acceptors (Lipinski definition) is 3. The van der Waals surface area contributed by atoms with Crippen LogP contribution in [0.1, 0.15) is 27.6 Å². The lowest BCUT2D eigenvalue weighted by molar-refractivity contribution is 0.0925. The summed E-state index contributed by atoms with van der Waals surface area (Å²) in [5, 5.41) is 15.1. The minimum atomic E-state index is -0.644. The first-order chi connectivity index (χ1) is 11.0. The van der Waals surface area contributed by atoms with E-state index in [1.54, 1.807) is 55.5 Å². The highest BCUT2D eigenvalue weighted by molar-refractivity contribution is 6.30. The van der Waals surface area contributed by atoms with Crippen molar-refractivity contribution in [1.82, 2.24) is 5.32 Å². The van der Waals surface area contributed by atoms with Crippen molar-refractivity contribution in [2.24, 2.45) is 0 Å². The summed E-state index contributed by atoms with van der Waals surface area (Å²) >= 11 is 5.80. The van der Waals surface area contributed by atoms with Gasteiger partial charge in [-0.05, 0) is 43.3 Å². The molecule has 1 unspecified atom stereocenters. The first kappa shape index (κ1) is 17.0. The van der Waals surface area contributed by atoms with Crippen LogP contribution >= 0.6 is 11.6 Å². The number of anilines is 1. The Kier molecular flexibility index (Phi) is 5.73. The van der Waals surface area contributed by atoms with Gasteiger partial charge in [0, 0.05) is 17.1 Å². The van der Waals surface area contributed by atoms with Gasteiger partial charge < -0.3 is 15.7 Å². The number of benzene rings is 2. The second-order valence-electron chi connectivity index (χ2n) is 5.07. The third-order valence-electron chi connectivity index (χ3n) is 3.08. The standard InChI is InChI=1S/C17H17ClN2O3/c1-11(21)10-19-17(23)14-4-2-3-5-15(14)20-16(22)12-6-8-13(18)9-7-12/h2-9,11,21H,10H2,1H3,(H,19,23)(H,20,22). The van der Waals surface area contributed by atoms with Crippen LogP contribution in [0.15, 0.2) is 48.5 Å². The van der Waals surface area contributed by atoms with E-state index in [1.165, 1.54) is 0 Å². The summed E-state index contributed by atoms with van der Waals surface area (Å²) in [4.78, 5) is 24.4. The topological polar surface area (TPSA) is 78.4 Å². The zero-order chi connectivity index (χ0) is 16.8. The lowest BCUT2D eigenvalue weighted by Crippen LogP contribution is -2.31. The molecule has 2 amide bonds. The van der Waals surface area contributed by atoms with Crippen LogP contribution in [-0.4, -0.2) is 29.6 Å². The minimum Gasteiger partial charge on any atom is -0.392 e. The van der Waals surface area contributed by atoms with E-state index in [0.29, 0.717) is 21.8 Å². The van der Waals surface area contributed by atoms with Gasteiger partial charge in [0.2, 0.25) is 0 Å². The van der Waals surface area contributed by atoms with E-state index >= 15 is 0 Å². The Labute approximate surface area is 139 Å². The number of aliphatic hydroxyl groups is 1. The molecule has 5 nitrogen and oxygen atoms in total. The van der Waals surface area contributed by atoms with Crippen LogP contribution in [0, 0.1) is 0 Å². The van der Waals surface area contributed by atoms with Gasteiger partial charge in [0.1, 0.15) is 0 Å². The van der Waals surface area contributed by atoms with Gasteiger partial charge in [-0.25, -0.2) is 0 Å². The number of aliphatic hydroxyl groups excluding tert-OH is 1. The highest BCUT2D eigenvalue weighted by Gasteiger charge is 2.14. The molecule has 0 saturated carbocycles. The second-order valence-corrected chi connectivity index (χ2v) is 5.50. The summed E-state index contributed by atoms with van der Waals surface area (Å²) in [6.45, 7) is 1.72. The molecule has 6 heteroatoms. The molecule has 2 aromatic rings. The minimum absolute atomic E-state index is 0.137. The molecule has 0 aliphatic rings. The molecule has 1 atom stereocenters. The van der Waals surface area contributed by atoms with E-state index in [9.17, 15) is 14.7 Å². The molecule has 0 heterocycles. The number of carbonyl (C=O) groups is 2. The van der Waals surface area contributed by atoms with E-state index < -0.39 is 6.10 Å². The van der Waals surface area contributed by atoms with Crippen molar-refractivity contribution in [1.29, 1.82) is 0 Å². The Morgan fingerprint density at radius 3 is 2.39 bits per heavy atom. The van der Waals surface area contributed by atoms with Crippen LogP contribution in [0.4, 0.5) is 5.69 Å². The molecule has 120 valence electrons. The summed E-state index contributed by atoms with van der Waals surface area (Å²) in [6.07, 6.45) is -0.644. The molecule has 23 heavy (non-hydrogen) atoms. The average molecular weight is 333 g/mol. The van der Waals surface area contributed by atoms with Crippen molar-refractivity contribution < 1.29 is 14.7 Å². The Hall–Kier alpha value is -2.37. The van der Waals surface area contributed by atoms with Crippen LogP contribution in [0.3, 0.4) is 0 Å². The highest BCUT2D eigenvalue weighted by atomic mass is 35.5. The number of rotatable bonds is 5. The summed E-state index contributed by atoms with van der Waals surface area (Å²) < 4.78 is 0. The molecule has 0 fully saturated rings. The highest BCUT2D eigenvalue weighted by Crippen LogP contribution is 2.17. The average Bonchev–Trinajstić information content (AvgIpc) is 2.53. The van der Waals surface area contributed by atoms with Crippen LogP contribution < -0.4 is 10.6 Å². The molecule has 2 rings (SSSR count). The van der Waals surface area contributed by atoms with E-state index in [4.69, 9.17) is 11.6 Å². The van der Waals surface area contributed by atoms with Gasteiger partial charge in [-0.3, -0.25) is 9.59 Å². The van der Waals surface area contributed by atoms with E-state index in [0.717, 1.165) is 0 Å². The summed E-state index contributed by atoms with van der Waals surface area (Å²) in [7, 11) is 0. The summed E-state index contributed by atoms with van der Waals surface area (Å²) in [5.74, 6) is -0.699. The number of para-hydroxylation sites is 1. The molecule has 0 radical (unpaired) electrons. The maximum Gasteiger partial charge on any atom is 0.255 e.